The molecule has 29 heavy (non-hydrogen) atoms. The number of benzene rings is 2. The lowest BCUT2D eigenvalue weighted by Gasteiger charge is -2.08. The molecule has 0 spiro atoms. The highest BCUT2D eigenvalue weighted by atomic mass is 32.2. The van der Waals surface area contributed by atoms with Gasteiger partial charge in [0.15, 0.2) is 10.7 Å². The lowest BCUT2D eigenvalue weighted by molar-refractivity contribution is -0.116. The van der Waals surface area contributed by atoms with E-state index in [0.717, 1.165) is 16.8 Å². The van der Waals surface area contributed by atoms with Gasteiger partial charge in [-0.25, -0.2) is 21.9 Å². The molecular weight excluding hydrogens is 404 g/mol. The number of amides is 1. The van der Waals surface area contributed by atoms with Crippen molar-refractivity contribution < 1.29 is 22.0 Å². The maximum absolute atomic E-state index is 13.7. The molecule has 0 radical (unpaired) electrons. The zero-order valence-corrected chi connectivity index (χ0v) is 16.0. The highest BCUT2D eigenvalue weighted by Gasteiger charge is 2.29. The Morgan fingerprint density at radius 1 is 1.17 bits per heavy atom. The summed E-state index contributed by atoms with van der Waals surface area (Å²) >= 11 is 0. The molecule has 0 aliphatic carbocycles. The van der Waals surface area contributed by atoms with Crippen molar-refractivity contribution in [3.8, 4) is 0 Å². The fraction of sp³-hybridized carbons (Fsp3) is 0.111. The average Bonchev–Trinajstić information content (AvgIpc) is 3.01. The predicted octanol–water partition coefficient (Wildman–Crippen LogP) is 2.26. The Labute approximate surface area is 165 Å². The van der Waals surface area contributed by atoms with Crippen molar-refractivity contribution in [3.63, 3.8) is 0 Å². The first-order chi connectivity index (χ1) is 13.7. The van der Waals surface area contributed by atoms with Crippen LogP contribution >= 0.6 is 0 Å². The molecule has 1 aromatic heterocycles. The van der Waals surface area contributed by atoms with Gasteiger partial charge in [-0.1, -0.05) is 18.2 Å². The van der Waals surface area contributed by atoms with Gasteiger partial charge in [0.05, 0.1) is 10.6 Å². The number of nitrogens with zero attached hydrogens (tertiary/aromatic N) is 2. The van der Waals surface area contributed by atoms with Crippen LogP contribution in [0.25, 0.3) is 0 Å². The van der Waals surface area contributed by atoms with E-state index in [-0.39, 0.29) is 27.1 Å². The standard InChI is InChI=1S/C18H17F2N5O3S/c1-22-18-16(29(27,28)12-5-3-2-4-6-12)17(21)25(24-18)10-15(26)23-14-8-7-11(19)9-13(14)20/h2-9H,10,21H2,1H3,(H,22,24)(H,23,26). The van der Waals surface area contributed by atoms with Crippen molar-refractivity contribution in [2.24, 2.45) is 0 Å². The molecule has 0 saturated heterocycles. The summed E-state index contributed by atoms with van der Waals surface area (Å²) in [6.07, 6.45) is 0. The Morgan fingerprint density at radius 3 is 2.48 bits per heavy atom. The Hall–Kier alpha value is -3.47. The van der Waals surface area contributed by atoms with Crippen LogP contribution in [0.2, 0.25) is 0 Å². The molecule has 1 heterocycles. The molecule has 8 nitrogen and oxygen atoms in total. The minimum Gasteiger partial charge on any atom is -0.383 e. The highest BCUT2D eigenvalue weighted by Crippen LogP contribution is 2.32. The summed E-state index contributed by atoms with van der Waals surface area (Å²) in [5.41, 5.74) is 5.74. The average molecular weight is 421 g/mol. The molecule has 0 aliphatic rings. The largest absolute Gasteiger partial charge is 0.383 e. The third kappa shape index (κ3) is 4.04. The number of nitrogen functional groups attached to an aromatic ring is 1. The van der Waals surface area contributed by atoms with E-state index in [9.17, 15) is 22.0 Å². The van der Waals surface area contributed by atoms with Gasteiger partial charge < -0.3 is 16.4 Å². The summed E-state index contributed by atoms with van der Waals surface area (Å²) in [5, 5.41) is 8.93. The van der Waals surface area contributed by atoms with Gasteiger partial charge in [-0.05, 0) is 24.3 Å². The van der Waals surface area contributed by atoms with Gasteiger partial charge in [-0.2, -0.15) is 5.10 Å². The summed E-state index contributed by atoms with van der Waals surface area (Å²) in [5.74, 6) is -2.75. The zero-order chi connectivity index (χ0) is 21.2. The summed E-state index contributed by atoms with van der Waals surface area (Å²) in [6, 6.07) is 10.3. The van der Waals surface area contributed by atoms with E-state index in [1.54, 1.807) is 18.2 Å². The normalized spacial score (nSPS) is 11.3. The molecule has 3 rings (SSSR count). The molecular formula is C18H17F2N5O3S. The maximum atomic E-state index is 13.7. The van der Waals surface area contributed by atoms with Crippen molar-refractivity contribution in [2.75, 3.05) is 23.4 Å². The van der Waals surface area contributed by atoms with E-state index < -0.39 is 33.9 Å². The number of carbonyl (C=O) groups excluding carboxylic acids is 1. The van der Waals surface area contributed by atoms with Crippen molar-refractivity contribution >= 4 is 33.1 Å². The molecule has 3 aromatic rings. The lowest BCUT2D eigenvalue weighted by Crippen LogP contribution is -2.21. The van der Waals surface area contributed by atoms with Crippen molar-refractivity contribution in [2.45, 2.75) is 16.3 Å². The lowest BCUT2D eigenvalue weighted by atomic mass is 10.3. The monoisotopic (exact) mass is 421 g/mol. The smallest absolute Gasteiger partial charge is 0.246 e. The number of anilines is 3. The van der Waals surface area contributed by atoms with Crippen LogP contribution < -0.4 is 16.4 Å². The second kappa shape index (κ2) is 7.87. The van der Waals surface area contributed by atoms with E-state index in [4.69, 9.17) is 5.73 Å². The van der Waals surface area contributed by atoms with Crippen LogP contribution in [0.1, 0.15) is 0 Å². The fourth-order valence-corrected chi connectivity index (χ4v) is 4.17. The van der Waals surface area contributed by atoms with Gasteiger partial charge in [-0.3, -0.25) is 4.79 Å². The van der Waals surface area contributed by atoms with Gasteiger partial charge >= 0.3 is 0 Å². The molecule has 0 atom stereocenters. The van der Waals surface area contributed by atoms with Crippen LogP contribution in [0, 0.1) is 11.6 Å². The van der Waals surface area contributed by atoms with Crippen molar-refractivity contribution in [1.82, 2.24) is 9.78 Å². The fourth-order valence-electron chi connectivity index (χ4n) is 2.64. The van der Waals surface area contributed by atoms with Crippen molar-refractivity contribution in [3.05, 3.63) is 60.2 Å². The van der Waals surface area contributed by atoms with Gasteiger partial charge in [0.25, 0.3) is 0 Å². The minimum atomic E-state index is -4.00. The molecule has 11 heteroatoms. The number of nitrogens with one attached hydrogen (secondary N) is 2. The number of halogens is 2. The number of rotatable bonds is 6. The maximum Gasteiger partial charge on any atom is 0.246 e. The SMILES string of the molecule is CNc1nn(CC(=O)Nc2ccc(F)cc2F)c(N)c1S(=O)(=O)c1ccccc1. The molecule has 4 N–H and O–H groups in total. The number of carbonyl (C=O) groups is 1. The minimum absolute atomic E-state index is 0.0144. The van der Waals surface area contributed by atoms with E-state index in [1.807, 2.05) is 0 Å². The predicted molar refractivity (Wildman–Crippen MR) is 103 cm³/mol. The Morgan fingerprint density at radius 2 is 1.86 bits per heavy atom. The van der Waals surface area contributed by atoms with E-state index in [2.05, 4.69) is 15.7 Å². The number of hydrogen-bond donors (Lipinski definition) is 3. The third-order valence-electron chi connectivity index (χ3n) is 4.00. The Bertz CT molecular complexity index is 1160. The number of aromatic nitrogens is 2. The number of sulfone groups is 1. The number of nitrogens with two attached hydrogens (primary N) is 1. The summed E-state index contributed by atoms with van der Waals surface area (Å²) in [4.78, 5) is 12.0. The van der Waals surface area contributed by atoms with Gasteiger partial charge in [-0.15, -0.1) is 0 Å². The summed E-state index contributed by atoms with van der Waals surface area (Å²) in [6.45, 7) is -0.484. The highest BCUT2D eigenvalue weighted by molar-refractivity contribution is 7.91. The number of hydrogen-bond acceptors (Lipinski definition) is 6. The van der Waals surface area contributed by atoms with Crippen LogP contribution in [0.15, 0.2) is 58.3 Å². The van der Waals surface area contributed by atoms with Crippen LogP contribution in [0.5, 0.6) is 0 Å². The molecule has 0 unspecified atom stereocenters. The summed E-state index contributed by atoms with van der Waals surface area (Å²) < 4.78 is 53.5. The van der Waals surface area contributed by atoms with Crippen LogP contribution in [0.4, 0.5) is 26.1 Å². The first-order valence-electron chi connectivity index (χ1n) is 8.33. The van der Waals surface area contributed by atoms with Gasteiger partial charge in [0.2, 0.25) is 15.7 Å². The molecule has 0 saturated carbocycles. The zero-order valence-electron chi connectivity index (χ0n) is 15.2. The second-order valence-electron chi connectivity index (χ2n) is 5.96. The van der Waals surface area contributed by atoms with Crippen molar-refractivity contribution in [1.29, 1.82) is 0 Å². The summed E-state index contributed by atoms with van der Waals surface area (Å²) in [7, 11) is -2.54. The molecule has 0 bridgehead atoms. The van der Waals surface area contributed by atoms with E-state index in [0.29, 0.717) is 6.07 Å². The van der Waals surface area contributed by atoms with E-state index in [1.165, 1.54) is 19.2 Å². The Balaban J connectivity index is 1.91. The van der Waals surface area contributed by atoms with Gasteiger partial charge in [0, 0.05) is 13.1 Å². The Kier molecular flexibility index (Phi) is 5.50. The molecule has 0 fully saturated rings. The van der Waals surface area contributed by atoms with E-state index >= 15 is 0 Å². The second-order valence-corrected chi connectivity index (χ2v) is 7.85. The first-order valence-corrected chi connectivity index (χ1v) is 9.81. The molecule has 1 amide bonds. The van der Waals surface area contributed by atoms with Gasteiger partial charge in [0.1, 0.15) is 24.0 Å². The topological polar surface area (TPSA) is 119 Å². The third-order valence-corrected chi connectivity index (χ3v) is 5.84. The quantitative estimate of drug-likeness (QED) is 0.562. The van der Waals surface area contributed by atoms with Crippen LogP contribution in [-0.2, 0) is 21.2 Å². The molecule has 152 valence electrons. The van der Waals surface area contributed by atoms with Crippen LogP contribution in [-0.4, -0.2) is 31.2 Å². The van der Waals surface area contributed by atoms with Crippen LogP contribution in [0.3, 0.4) is 0 Å². The molecule has 2 aromatic carbocycles. The first kappa shape index (κ1) is 20.3. The molecule has 0 aliphatic heterocycles.